The van der Waals surface area contributed by atoms with E-state index in [1.54, 1.807) is 18.2 Å². The number of hydrogen-bond donors (Lipinski definition) is 1. The molecule has 0 bridgehead atoms. The first-order valence-corrected chi connectivity index (χ1v) is 7.06. The van der Waals surface area contributed by atoms with Crippen molar-refractivity contribution < 1.29 is 14.3 Å². The molecule has 4 heteroatoms. The second-order valence-corrected chi connectivity index (χ2v) is 6.20. The normalized spacial score (nSPS) is 18.6. The van der Waals surface area contributed by atoms with E-state index in [4.69, 9.17) is 15.2 Å². The number of rotatable bonds is 3. The van der Waals surface area contributed by atoms with Crippen molar-refractivity contribution in [3.63, 3.8) is 0 Å². The minimum atomic E-state index is -0.413. The standard InChI is InChI=1S/C16H23NO3/c1-16(2)9-7-11(8-10-16)20-14-12(15(18)19-3)5-4-6-13(14)17/h4-6,11H,7-10,17H2,1-3H3. The van der Waals surface area contributed by atoms with Gasteiger partial charge in [0.2, 0.25) is 0 Å². The van der Waals surface area contributed by atoms with Crippen LogP contribution < -0.4 is 10.5 Å². The van der Waals surface area contributed by atoms with Crippen LogP contribution in [0.25, 0.3) is 0 Å². The van der Waals surface area contributed by atoms with Crippen LogP contribution in [0.15, 0.2) is 18.2 Å². The molecule has 0 atom stereocenters. The highest BCUT2D eigenvalue weighted by Gasteiger charge is 2.29. The molecule has 0 amide bonds. The van der Waals surface area contributed by atoms with E-state index in [2.05, 4.69) is 13.8 Å². The second kappa shape index (κ2) is 5.73. The molecule has 0 saturated heterocycles. The first-order valence-electron chi connectivity index (χ1n) is 7.06. The molecule has 0 heterocycles. The van der Waals surface area contributed by atoms with Crippen molar-refractivity contribution in [2.24, 2.45) is 5.41 Å². The first kappa shape index (κ1) is 14.7. The van der Waals surface area contributed by atoms with Gasteiger partial charge < -0.3 is 15.2 Å². The van der Waals surface area contributed by atoms with Gasteiger partial charge in [0.05, 0.1) is 18.9 Å². The van der Waals surface area contributed by atoms with Crippen molar-refractivity contribution in [3.8, 4) is 5.75 Å². The zero-order chi connectivity index (χ0) is 14.8. The maximum Gasteiger partial charge on any atom is 0.341 e. The van der Waals surface area contributed by atoms with Crippen LogP contribution in [0, 0.1) is 5.41 Å². The lowest BCUT2D eigenvalue weighted by molar-refractivity contribution is 0.0583. The van der Waals surface area contributed by atoms with E-state index in [0.29, 0.717) is 22.4 Å². The van der Waals surface area contributed by atoms with Gasteiger partial charge in [-0.1, -0.05) is 19.9 Å². The summed E-state index contributed by atoms with van der Waals surface area (Å²) >= 11 is 0. The summed E-state index contributed by atoms with van der Waals surface area (Å²) in [6.07, 6.45) is 4.34. The molecule has 1 aromatic rings. The van der Waals surface area contributed by atoms with Gasteiger partial charge in [-0.2, -0.15) is 0 Å². The number of carbonyl (C=O) groups excluding carboxylic acids is 1. The Bertz CT molecular complexity index is 486. The molecule has 0 aromatic heterocycles. The minimum absolute atomic E-state index is 0.121. The Kier molecular flexibility index (Phi) is 4.21. The van der Waals surface area contributed by atoms with E-state index in [1.165, 1.54) is 7.11 Å². The van der Waals surface area contributed by atoms with Crippen LogP contribution in [0.4, 0.5) is 5.69 Å². The number of nitrogens with two attached hydrogens (primary N) is 1. The van der Waals surface area contributed by atoms with E-state index in [9.17, 15) is 4.79 Å². The van der Waals surface area contributed by atoms with Crippen molar-refractivity contribution in [3.05, 3.63) is 23.8 Å². The summed E-state index contributed by atoms with van der Waals surface area (Å²) in [4.78, 5) is 11.8. The average molecular weight is 277 g/mol. The highest BCUT2D eigenvalue weighted by Crippen LogP contribution is 2.38. The highest BCUT2D eigenvalue weighted by molar-refractivity contribution is 5.94. The Hall–Kier alpha value is -1.71. The molecule has 110 valence electrons. The predicted octanol–water partition coefficient (Wildman–Crippen LogP) is 3.40. The number of para-hydroxylation sites is 1. The molecule has 2 N–H and O–H groups in total. The SMILES string of the molecule is COC(=O)c1cccc(N)c1OC1CCC(C)(C)CC1. The van der Waals surface area contributed by atoms with Crippen molar-refractivity contribution >= 4 is 11.7 Å². The molecule has 2 rings (SSSR count). The largest absolute Gasteiger partial charge is 0.487 e. The lowest BCUT2D eigenvalue weighted by atomic mass is 9.76. The van der Waals surface area contributed by atoms with Gasteiger partial charge >= 0.3 is 5.97 Å². The molecule has 1 aliphatic rings. The number of carbonyl (C=O) groups is 1. The lowest BCUT2D eigenvalue weighted by Gasteiger charge is -2.34. The Morgan fingerprint density at radius 3 is 2.55 bits per heavy atom. The highest BCUT2D eigenvalue weighted by atomic mass is 16.5. The van der Waals surface area contributed by atoms with Gasteiger partial charge in [0, 0.05) is 0 Å². The molecule has 1 saturated carbocycles. The fraction of sp³-hybridized carbons (Fsp3) is 0.562. The Morgan fingerprint density at radius 2 is 1.95 bits per heavy atom. The van der Waals surface area contributed by atoms with Crippen molar-refractivity contribution in [1.29, 1.82) is 0 Å². The summed E-state index contributed by atoms with van der Waals surface area (Å²) in [5, 5.41) is 0. The third-order valence-corrected chi connectivity index (χ3v) is 4.02. The fourth-order valence-corrected chi connectivity index (χ4v) is 2.61. The smallest absolute Gasteiger partial charge is 0.341 e. The topological polar surface area (TPSA) is 61.5 Å². The monoisotopic (exact) mass is 277 g/mol. The van der Waals surface area contributed by atoms with Crippen LogP contribution in [0.3, 0.4) is 0 Å². The molecule has 4 nitrogen and oxygen atoms in total. The molecule has 1 fully saturated rings. The minimum Gasteiger partial charge on any atom is -0.487 e. The van der Waals surface area contributed by atoms with Gasteiger partial charge in [-0.15, -0.1) is 0 Å². The predicted molar refractivity (Wildman–Crippen MR) is 78.9 cm³/mol. The summed E-state index contributed by atoms with van der Waals surface area (Å²) in [5.74, 6) is 0.0486. The molecule has 0 aliphatic heterocycles. The fourth-order valence-electron chi connectivity index (χ4n) is 2.61. The number of anilines is 1. The average Bonchev–Trinajstić information content (AvgIpc) is 2.42. The van der Waals surface area contributed by atoms with Gasteiger partial charge in [-0.05, 0) is 43.2 Å². The molecular weight excluding hydrogens is 254 g/mol. The van der Waals surface area contributed by atoms with Crippen molar-refractivity contribution in [1.82, 2.24) is 0 Å². The summed E-state index contributed by atoms with van der Waals surface area (Å²) < 4.78 is 10.8. The van der Waals surface area contributed by atoms with Crippen molar-refractivity contribution in [2.45, 2.75) is 45.6 Å². The Morgan fingerprint density at radius 1 is 1.30 bits per heavy atom. The molecule has 20 heavy (non-hydrogen) atoms. The van der Waals surface area contributed by atoms with Gasteiger partial charge in [-0.3, -0.25) is 0 Å². The van der Waals surface area contributed by atoms with Crippen LogP contribution in [0.2, 0.25) is 0 Å². The quantitative estimate of drug-likeness (QED) is 0.679. The van der Waals surface area contributed by atoms with Crippen molar-refractivity contribution in [2.75, 3.05) is 12.8 Å². The Labute approximate surface area is 120 Å². The molecule has 0 unspecified atom stereocenters. The van der Waals surface area contributed by atoms with E-state index < -0.39 is 5.97 Å². The molecule has 1 aliphatic carbocycles. The maximum absolute atomic E-state index is 11.8. The van der Waals surface area contributed by atoms with Gasteiger partial charge in [0.15, 0.2) is 5.75 Å². The lowest BCUT2D eigenvalue weighted by Crippen LogP contribution is -2.29. The van der Waals surface area contributed by atoms with Gasteiger partial charge in [0.25, 0.3) is 0 Å². The summed E-state index contributed by atoms with van der Waals surface area (Å²) in [6, 6.07) is 5.16. The Balaban J connectivity index is 2.15. The third-order valence-electron chi connectivity index (χ3n) is 4.02. The molecule has 0 spiro atoms. The third kappa shape index (κ3) is 3.24. The van der Waals surface area contributed by atoms with E-state index in [1.807, 2.05) is 0 Å². The zero-order valence-corrected chi connectivity index (χ0v) is 12.4. The van der Waals surface area contributed by atoms with Crippen LogP contribution in [0.5, 0.6) is 5.75 Å². The number of benzene rings is 1. The summed E-state index contributed by atoms with van der Waals surface area (Å²) in [5.41, 5.74) is 7.22. The van der Waals surface area contributed by atoms with E-state index in [0.717, 1.165) is 25.7 Å². The number of ether oxygens (including phenoxy) is 2. The van der Waals surface area contributed by atoms with Crippen LogP contribution in [-0.4, -0.2) is 19.2 Å². The van der Waals surface area contributed by atoms with Crippen LogP contribution in [-0.2, 0) is 4.74 Å². The number of methoxy groups -OCH3 is 1. The van der Waals surface area contributed by atoms with Crippen LogP contribution >= 0.6 is 0 Å². The van der Waals surface area contributed by atoms with Gasteiger partial charge in [0.1, 0.15) is 5.56 Å². The number of esters is 1. The van der Waals surface area contributed by atoms with E-state index >= 15 is 0 Å². The number of nitrogen functional groups attached to an aromatic ring is 1. The number of hydrogen-bond acceptors (Lipinski definition) is 4. The molecular formula is C16H23NO3. The molecule has 0 radical (unpaired) electrons. The van der Waals surface area contributed by atoms with Gasteiger partial charge in [-0.25, -0.2) is 4.79 Å². The van der Waals surface area contributed by atoms with E-state index in [-0.39, 0.29) is 6.10 Å². The first-order chi connectivity index (χ1) is 9.43. The summed E-state index contributed by atoms with van der Waals surface area (Å²) in [6.45, 7) is 4.56. The van der Waals surface area contributed by atoms with Crippen LogP contribution in [0.1, 0.15) is 49.9 Å². The molecule has 1 aromatic carbocycles. The maximum atomic E-state index is 11.8. The second-order valence-electron chi connectivity index (χ2n) is 6.20. The zero-order valence-electron chi connectivity index (χ0n) is 12.4. The summed E-state index contributed by atoms with van der Waals surface area (Å²) in [7, 11) is 1.36.